The minimum atomic E-state index is -4.40. The topological polar surface area (TPSA) is 49.8 Å². The molecule has 1 N–H and O–H groups in total. The van der Waals surface area contributed by atoms with Crippen LogP contribution in [0.5, 0.6) is 0 Å². The van der Waals surface area contributed by atoms with E-state index in [9.17, 15) is 18.0 Å². The Bertz CT molecular complexity index is 518. The van der Waals surface area contributed by atoms with Gasteiger partial charge in [-0.1, -0.05) is 12.1 Å². The minimum Gasteiger partial charge on any atom is -0.480 e. The number of aliphatic carboxylic acids is 1. The van der Waals surface area contributed by atoms with Crippen LogP contribution in [0, 0.1) is 0 Å². The Morgan fingerprint density at radius 2 is 2.19 bits per heavy atom. The molecule has 0 amide bonds. The third kappa shape index (κ3) is 3.74. The van der Waals surface area contributed by atoms with Crippen molar-refractivity contribution in [1.82, 2.24) is 4.90 Å². The van der Waals surface area contributed by atoms with Gasteiger partial charge in [0.25, 0.3) is 0 Å². The summed E-state index contributed by atoms with van der Waals surface area (Å²) in [5, 5.41) is 9.01. The summed E-state index contributed by atoms with van der Waals surface area (Å²) in [4.78, 5) is 12.7. The summed E-state index contributed by atoms with van der Waals surface area (Å²) >= 11 is 0. The molecule has 116 valence electrons. The molecule has 0 radical (unpaired) electrons. The van der Waals surface area contributed by atoms with E-state index in [0.717, 1.165) is 12.1 Å². The number of halogens is 3. The molecule has 0 spiro atoms. The number of morpholine rings is 1. The predicted molar refractivity (Wildman–Crippen MR) is 68.8 cm³/mol. The fourth-order valence-electron chi connectivity index (χ4n) is 2.29. The highest BCUT2D eigenvalue weighted by Crippen LogP contribution is 2.32. The lowest BCUT2D eigenvalue weighted by Gasteiger charge is -2.35. The first kappa shape index (κ1) is 15.8. The molecule has 0 aromatic heterocycles. The minimum absolute atomic E-state index is 0.259. The van der Waals surface area contributed by atoms with Crippen molar-refractivity contribution in [1.29, 1.82) is 0 Å². The highest BCUT2D eigenvalue weighted by atomic mass is 19.4. The zero-order valence-electron chi connectivity index (χ0n) is 11.4. The molecule has 1 heterocycles. The lowest BCUT2D eigenvalue weighted by atomic mass is 10.0. The third-order valence-electron chi connectivity index (χ3n) is 3.59. The molecule has 4 nitrogen and oxygen atoms in total. The Balaban J connectivity index is 2.16. The second-order valence-corrected chi connectivity index (χ2v) is 4.99. The first-order valence-corrected chi connectivity index (χ1v) is 6.54. The van der Waals surface area contributed by atoms with Crippen molar-refractivity contribution >= 4 is 5.97 Å². The van der Waals surface area contributed by atoms with E-state index >= 15 is 0 Å². The second-order valence-electron chi connectivity index (χ2n) is 4.99. The van der Waals surface area contributed by atoms with Gasteiger partial charge >= 0.3 is 12.1 Å². The monoisotopic (exact) mass is 303 g/mol. The maximum Gasteiger partial charge on any atom is 0.416 e. The van der Waals surface area contributed by atoms with Gasteiger partial charge in [-0.05, 0) is 24.6 Å². The van der Waals surface area contributed by atoms with E-state index in [1.807, 2.05) is 0 Å². The summed E-state index contributed by atoms with van der Waals surface area (Å²) in [6, 6.07) is 4.27. The lowest BCUT2D eigenvalue weighted by Crippen LogP contribution is -2.46. The number of carboxylic acid groups (broad SMARTS) is 1. The molecule has 2 rings (SSSR count). The Labute approximate surface area is 120 Å². The summed E-state index contributed by atoms with van der Waals surface area (Å²) < 4.78 is 43.6. The average Bonchev–Trinajstić information content (AvgIpc) is 2.46. The molecule has 2 atom stereocenters. The molecular weight excluding hydrogens is 287 g/mol. The van der Waals surface area contributed by atoms with Gasteiger partial charge in [0, 0.05) is 13.1 Å². The van der Waals surface area contributed by atoms with Crippen molar-refractivity contribution in [3.8, 4) is 0 Å². The predicted octanol–water partition coefficient (Wildman–Crippen LogP) is 2.55. The Hall–Kier alpha value is -1.60. The second kappa shape index (κ2) is 6.03. The van der Waals surface area contributed by atoms with Crippen LogP contribution in [-0.2, 0) is 15.7 Å². The Morgan fingerprint density at radius 3 is 2.81 bits per heavy atom. The maximum atomic E-state index is 12.7. The first-order valence-electron chi connectivity index (χ1n) is 6.54. The van der Waals surface area contributed by atoms with Crippen LogP contribution in [-0.4, -0.2) is 41.7 Å². The Morgan fingerprint density at radius 1 is 1.48 bits per heavy atom. The van der Waals surface area contributed by atoms with Crippen molar-refractivity contribution in [3.05, 3.63) is 35.4 Å². The van der Waals surface area contributed by atoms with E-state index in [2.05, 4.69) is 0 Å². The molecule has 1 aromatic carbocycles. The van der Waals surface area contributed by atoms with Crippen LogP contribution in [0.4, 0.5) is 13.2 Å². The van der Waals surface area contributed by atoms with Crippen LogP contribution in [0.15, 0.2) is 24.3 Å². The summed E-state index contributed by atoms with van der Waals surface area (Å²) in [5.41, 5.74) is -0.320. The van der Waals surface area contributed by atoms with Gasteiger partial charge in [-0.25, -0.2) is 0 Å². The van der Waals surface area contributed by atoms with Crippen molar-refractivity contribution in [3.63, 3.8) is 0 Å². The summed E-state index contributed by atoms with van der Waals surface area (Å²) in [6.07, 6.45) is -4.96. The van der Waals surface area contributed by atoms with Crippen molar-refractivity contribution < 1.29 is 27.8 Å². The van der Waals surface area contributed by atoms with E-state index in [0.29, 0.717) is 18.7 Å². The molecule has 1 aliphatic rings. The number of hydrogen-bond donors (Lipinski definition) is 1. The molecular formula is C14H16F3NO3. The molecule has 1 saturated heterocycles. The summed E-state index contributed by atoms with van der Waals surface area (Å²) in [6.45, 7) is 2.55. The molecule has 0 unspecified atom stereocenters. The molecule has 1 aliphatic heterocycles. The number of benzene rings is 1. The van der Waals surface area contributed by atoms with Gasteiger partial charge in [-0.15, -0.1) is 0 Å². The fourth-order valence-corrected chi connectivity index (χ4v) is 2.29. The van der Waals surface area contributed by atoms with Crippen molar-refractivity contribution in [2.75, 3.05) is 19.7 Å². The maximum absolute atomic E-state index is 12.7. The number of nitrogens with zero attached hydrogens (tertiary/aromatic N) is 1. The number of rotatable bonds is 3. The molecule has 0 bridgehead atoms. The van der Waals surface area contributed by atoms with Crippen LogP contribution in [0.1, 0.15) is 24.2 Å². The molecule has 1 aromatic rings. The van der Waals surface area contributed by atoms with Crippen LogP contribution in [0.2, 0.25) is 0 Å². The fraction of sp³-hybridized carbons (Fsp3) is 0.500. The van der Waals surface area contributed by atoms with E-state index in [1.54, 1.807) is 17.9 Å². The molecule has 0 saturated carbocycles. The SMILES string of the molecule is C[C@H](C(=O)O)N1CCO[C@@H](c2cccc(C(F)(F)F)c2)C1. The molecule has 7 heteroatoms. The van der Waals surface area contributed by atoms with Crippen LogP contribution in [0.3, 0.4) is 0 Å². The number of hydrogen-bond acceptors (Lipinski definition) is 3. The van der Waals surface area contributed by atoms with Gasteiger partial charge < -0.3 is 9.84 Å². The van der Waals surface area contributed by atoms with Crippen LogP contribution >= 0.6 is 0 Å². The van der Waals surface area contributed by atoms with Gasteiger partial charge in [-0.3, -0.25) is 9.69 Å². The first-order chi connectivity index (χ1) is 9.79. The number of ether oxygens (including phenoxy) is 1. The Kier molecular flexibility index (Phi) is 4.53. The number of carbonyl (C=O) groups is 1. The highest BCUT2D eigenvalue weighted by Gasteiger charge is 2.33. The molecule has 0 aliphatic carbocycles. The van der Waals surface area contributed by atoms with E-state index in [1.165, 1.54) is 6.07 Å². The molecule has 1 fully saturated rings. The summed E-state index contributed by atoms with van der Waals surface area (Å²) in [7, 11) is 0. The van der Waals surface area contributed by atoms with Crippen LogP contribution in [0.25, 0.3) is 0 Å². The zero-order chi connectivity index (χ0) is 15.6. The lowest BCUT2D eigenvalue weighted by molar-refractivity contribution is -0.145. The van der Waals surface area contributed by atoms with Crippen LogP contribution < -0.4 is 0 Å². The number of carboxylic acids is 1. The van der Waals surface area contributed by atoms with Gasteiger partial charge in [0.15, 0.2) is 0 Å². The zero-order valence-corrected chi connectivity index (χ0v) is 11.4. The summed E-state index contributed by atoms with van der Waals surface area (Å²) in [5.74, 6) is -0.959. The van der Waals surface area contributed by atoms with Gasteiger partial charge in [-0.2, -0.15) is 13.2 Å². The van der Waals surface area contributed by atoms with E-state index in [-0.39, 0.29) is 6.54 Å². The van der Waals surface area contributed by atoms with Gasteiger partial charge in [0.2, 0.25) is 0 Å². The molecule has 21 heavy (non-hydrogen) atoms. The largest absolute Gasteiger partial charge is 0.480 e. The van der Waals surface area contributed by atoms with Crippen molar-refractivity contribution in [2.45, 2.75) is 25.2 Å². The normalized spacial score (nSPS) is 22.0. The van der Waals surface area contributed by atoms with Gasteiger partial charge in [0.05, 0.1) is 18.3 Å². The van der Waals surface area contributed by atoms with Gasteiger partial charge in [0.1, 0.15) is 6.04 Å². The average molecular weight is 303 g/mol. The van der Waals surface area contributed by atoms with Crippen molar-refractivity contribution in [2.24, 2.45) is 0 Å². The third-order valence-corrected chi connectivity index (χ3v) is 3.59. The van der Waals surface area contributed by atoms with E-state index < -0.39 is 29.9 Å². The standard InChI is InChI=1S/C14H16F3NO3/c1-9(13(19)20)18-5-6-21-12(8-18)10-3-2-4-11(7-10)14(15,16)17/h2-4,7,9,12H,5-6,8H2,1H3,(H,19,20)/t9-,12-/m1/s1. The quantitative estimate of drug-likeness (QED) is 0.932. The van der Waals surface area contributed by atoms with E-state index in [4.69, 9.17) is 9.84 Å². The highest BCUT2D eigenvalue weighted by molar-refractivity contribution is 5.72. The number of alkyl halides is 3. The smallest absolute Gasteiger partial charge is 0.416 e.